The molecule has 1 aromatic heterocycles. The minimum absolute atomic E-state index is 0.369. The van der Waals surface area contributed by atoms with Crippen LogP contribution in [0.2, 0.25) is 0 Å². The quantitative estimate of drug-likeness (QED) is 0.853. The van der Waals surface area contributed by atoms with Crippen LogP contribution in [0.15, 0.2) is 30.7 Å². The summed E-state index contributed by atoms with van der Waals surface area (Å²) in [4.78, 5) is 6.65. The predicted octanol–water partition coefficient (Wildman–Crippen LogP) is 3.28. The molecule has 2 aromatic rings. The first-order valence-corrected chi connectivity index (χ1v) is 8.16. The Balaban J connectivity index is 1.71. The molecule has 2 aliphatic rings. The van der Waals surface area contributed by atoms with E-state index in [1.165, 1.54) is 30.5 Å². The molecule has 1 saturated heterocycles. The molecule has 0 saturated carbocycles. The van der Waals surface area contributed by atoms with Gasteiger partial charge in [-0.2, -0.15) is 5.26 Å². The van der Waals surface area contributed by atoms with Crippen molar-refractivity contribution in [2.75, 3.05) is 18.0 Å². The summed E-state index contributed by atoms with van der Waals surface area (Å²) in [6, 6.07) is 9.08. The number of piperidine rings is 1. The summed E-state index contributed by atoms with van der Waals surface area (Å²) < 4.78 is 2.28. The van der Waals surface area contributed by atoms with E-state index in [1.807, 2.05) is 18.6 Å². The number of benzene rings is 1. The standard InChI is InChI=1S/C18H20N4/c19-11-15-5-4-14(10-18(15)21-8-2-1-3-9-21)17-7-6-16-12-20-13-22(16)17/h4-5,10,12-13,17H,1-3,6-9H2. The van der Waals surface area contributed by atoms with Gasteiger partial charge in [-0.05, 0) is 49.8 Å². The Bertz CT molecular complexity index is 719. The Morgan fingerprint density at radius 2 is 2.05 bits per heavy atom. The topological polar surface area (TPSA) is 44.9 Å². The molecule has 2 aliphatic heterocycles. The molecule has 0 bridgehead atoms. The van der Waals surface area contributed by atoms with Gasteiger partial charge >= 0.3 is 0 Å². The van der Waals surface area contributed by atoms with Crippen LogP contribution in [0.1, 0.15) is 48.5 Å². The molecule has 4 heteroatoms. The molecule has 4 rings (SSSR count). The Labute approximate surface area is 131 Å². The van der Waals surface area contributed by atoms with E-state index in [0.29, 0.717) is 6.04 Å². The van der Waals surface area contributed by atoms with Gasteiger partial charge in [0.25, 0.3) is 0 Å². The van der Waals surface area contributed by atoms with Gasteiger partial charge in [-0.15, -0.1) is 0 Å². The summed E-state index contributed by atoms with van der Waals surface area (Å²) in [5.74, 6) is 0. The number of nitriles is 1. The van der Waals surface area contributed by atoms with Crippen molar-refractivity contribution >= 4 is 5.69 Å². The first-order chi connectivity index (χ1) is 10.9. The third-order valence-corrected chi connectivity index (χ3v) is 4.98. The van der Waals surface area contributed by atoms with Gasteiger partial charge in [-0.1, -0.05) is 6.07 Å². The predicted molar refractivity (Wildman–Crippen MR) is 85.9 cm³/mol. The lowest BCUT2D eigenvalue weighted by atomic mass is 10.00. The number of fused-ring (bicyclic) bond motifs is 1. The molecule has 1 fully saturated rings. The molecular formula is C18H20N4. The maximum atomic E-state index is 9.44. The third kappa shape index (κ3) is 2.18. The normalized spacial score (nSPS) is 20.7. The number of imidazole rings is 1. The van der Waals surface area contributed by atoms with Crippen molar-refractivity contribution in [1.29, 1.82) is 5.26 Å². The fourth-order valence-electron chi connectivity index (χ4n) is 3.80. The SMILES string of the molecule is N#Cc1ccc(C2CCc3cncn32)cc1N1CCCCC1. The van der Waals surface area contributed by atoms with Gasteiger partial charge in [0, 0.05) is 25.0 Å². The zero-order valence-electron chi connectivity index (χ0n) is 12.7. The minimum atomic E-state index is 0.369. The molecule has 0 amide bonds. The second-order valence-electron chi connectivity index (χ2n) is 6.28. The Morgan fingerprint density at radius 1 is 1.18 bits per heavy atom. The van der Waals surface area contributed by atoms with E-state index in [2.05, 4.69) is 32.7 Å². The van der Waals surface area contributed by atoms with Crippen LogP contribution in [0, 0.1) is 11.3 Å². The number of nitrogens with zero attached hydrogens (tertiary/aromatic N) is 4. The summed E-state index contributed by atoms with van der Waals surface area (Å²) in [5.41, 5.74) is 4.54. The molecule has 0 N–H and O–H groups in total. The minimum Gasteiger partial charge on any atom is -0.370 e. The molecule has 4 nitrogen and oxygen atoms in total. The molecule has 1 unspecified atom stereocenters. The van der Waals surface area contributed by atoms with Crippen LogP contribution >= 0.6 is 0 Å². The van der Waals surface area contributed by atoms with Crippen molar-refractivity contribution < 1.29 is 0 Å². The largest absolute Gasteiger partial charge is 0.370 e. The van der Waals surface area contributed by atoms with Crippen LogP contribution in [0.3, 0.4) is 0 Å². The van der Waals surface area contributed by atoms with E-state index in [1.54, 1.807) is 0 Å². The fraction of sp³-hybridized carbons (Fsp3) is 0.444. The molecule has 1 aromatic carbocycles. The maximum Gasteiger partial charge on any atom is 0.101 e. The first-order valence-electron chi connectivity index (χ1n) is 8.16. The highest BCUT2D eigenvalue weighted by Gasteiger charge is 2.24. The van der Waals surface area contributed by atoms with Crippen molar-refractivity contribution in [2.24, 2.45) is 0 Å². The van der Waals surface area contributed by atoms with Gasteiger partial charge in [-0.3, -0.25) is 0 Å². The van der Waals surface area contributed by atoms with Crippen molar-refractivity contribution in [3.05, 3.63) is 47.5 Å². The number of aromatic nitrogens is 2. The maximum absolute atomic E-state index is 9.44. The molecular weight excluding hydrogens is 272 g/mol. The average molecular weight is 292 g/mol. The van der Waals surface area contributed by atoms with E-state index < -0.39 is 0 Å². The number of anilines is 1. The lowest BCUT2D eigenvalue weighted by Gasteiger charge is -2.30. The average Bonchev–Trinajstić information content (AvgIpc) is 3.18. The molecule has 22 heavy (non-hydrogen) atoms. The zero-order chi connectivity index (χ0) is 14.9. The highest BCUT2D eigenvalue weighted by Crippen LogP contribution is 2.34. The van der Waals surface area contributed by atoms with Crippen molar-refractivity contribution in [2.45, 2.75) is 38.1 Å². The highest BCUT2D eigenvalue weighted by atomic mass is 15.1. The van der Waals surface area contributed by atoms with Crippen molar-refractivity contribution in [3.8, 4) is 6.07 Å². The van der Waals surface area contributed by atoms with Crippen LogP contribution in [0.5, 0.6) is 0 Å². The summed E-state index contributed by atoms with van der Waals surface area (Å²) in [7, 11) is 0. The number of rotatable bonds is 2. The summed E-state index contributed by atoms with van der Waals surface area (Å²) >= 11 is 0. The number of aryl methyl sites for hydroxylation is 1. The molecule has 1 atom stereocenters. The van der Waals surface area contributed by atoms with Crippen LogP contribution in [0.25, 0.3) is 0 Å². The van der Waals surface area contributed by atoms with E-state index in [9.17, 15) is 5.26 Å². The van der Waals surface area contributed by atoms with Crippen LogP contribution in [0.4, 0.5) is 5.69 Å². The van der Waals surface area contributed by atoms with Crippen LogP contribution < -0.4 is 4.90 Å². The van der Waals surface area contributed by atoms with Gasteiger partial charge in [0.2, 0.25) is 0 Å². The van der Waals surface area contributed by atoms with Gasteiger partial charge < -0.3 is 9.47 Å². The number of hydrogen-bond donors (Lipinski definition) is 0. The van der Waals surface area contributed by atoms with Gasteiger partial charge in [0.1, 0.15) is 6.07 Å². The Kier molecular flexibility index (Phi) is 3.34. The number of hydrogen-bond acceptors (Lipinski definition) is 3. The lowest BCUT2D eigenvalue weighted by Crippen LogP contribution is -2.30. The zero-order valence-corrected chi connectivity index (χ0v) is 12.7. The van der Waals surface area contributed by atoms with Crippen molar-refractivity contribution in [3.63, 3.8) is 0 Å². The second-order valence-corrected chi connectivity index (χ2v) is 6.28. The van der Waals surface area contributed by atoms with E-state index in [-0.39, 0.29) is 0 Å². The first kappa shape index (κ1) is 13.4. The van der Waals surface area contributed by atoms with Crippen LogP contribution in [-0.2, 0) is 6.42 Å². The molecule has 0 spiro atoms. The Hall–Kier alpha value is -2.28. The molecule has 0 aliphatic carbocycles. The Morgan fingerprint density at radius 3 is 2.86 bits per heavy atom. The lowest BCUT2D eigenvalue weighted by molar-refractivity contribution is 0.575. The monoisotopic (exact) mass is 292 g/mol. The van der Waals surface area contributed by atoms with Gasteiger partial charge in [0.05, 0.1) is 23.6 Å². The van der Waals surface area contributed by atoms with Crippen molar-refractivity contribution in [1.82, 2.24) is 9.55 Å². The molecule has 0 radical (unpaired) electrons. The van der Waals surface area contributed by atoms with Crippen LogP contribution in [-0.4, -0.2) is 22.6 Å². The summed E-state index contributed by atoms with van der Waals surface area (Å²) in [5, 5.41) is 9.44. The summed E-state index contributed by atoms with van der Waals surface area (Å²) in [6.45, 7) is 2.14. The summed E-state index contributed by atoms with van der Waals surface area (Å²) in [6.07, 6.45) is 9.88. The van der Waals surface area contributed by atoms with E-state index in [0.717, 1.165) is 37.2 Å². The molecule has 112 valence electrons. The smallest absolute Gasteiger partial charge is 0.101 e. The van der Waals surface area contributed by atoms with Gasteiger partial charge in [-0.25, -0.2) is 4.98 Å². The third-order valence-electron chi connectivity index (χ3n) is 4.98. The molecule has 3 heterocycles. The fourth-order valence-corrected chi connectivity index (χ4v) is 3.80. The second kappa shape index (κ2) is 5.49. The van der Waals surface area contributed by atoms with E-state index >= 15 is 0 Å². The van der Waals surface area contributed by atoms with E-state index in [4.69, 9.17) is 0 Å². The highest BCUT2D eigenvalue weighted by molar-refractivity contribution is 5.61. The van der Waals surface area contributed by atoms with Gasteiger partial charge in [0.15, 0.2) is 0 Å².